The number of ether oxygens (including phenoxy) is 2. The molecule has 3 heterocycles. The predicted octanol–water partition coefficient (Wildman–Crippen LogP) is 3.90. The standard InChI is InChI=1S/C29H31ClN6O4/c1-35-12-14-36(15-13-35)29(38)26(10-16-37)40-25-7-4-6-23-27(25)28(33-19-32-23)34-20-8-9-24(22(30)17-20)39-18-21-5-2-3-11-31-21/h2-9,11,17,19,26,37H,10,12-16,18H2,1H3,(H,32,33,34)/t26-/m1/s1. The number of rotatable bonds is 10. The number of amides is 1. The first-order chi connectivity index (χ1) is 19.5. The van der Waals surface area contributed by atoms with Crippen molar-refractivity contribution in [2.45, 2.75) is 19.1 Å². The van der Waals surface area contributed by atoms with Crippen molar-refractivity contribution >= 4 is 39.9 Å². The van der Waals surface area contributed by atoms with E-state index in [-0.39, 0.29) is 18.9 Å². The number of carbonyl (C=O) groups is 1. The molecule has 2 aromatic carbocycles. The van der Waals surface area contributed by atoms with Crippen molar-refractivity contribution in [1.29, 1.82) is 0 Å². The van der Waals surface area contributed by atoms with Crippen LogP contribution in [0.3, 0.4) is 0 Å². The molecule has 0 saturated carbocycles. The Balaban J connectivity index is 1.36. The number of fused-ring (bicyclic) bond motifs is 1. The average molecular weight is 563 g/mol. The van der Waals surface area contributed by atoms with Crippen LogP contribution in [0.25, 0.3) is 10.9 Å². The van der Waals surface area contributed by atoms with E-state index in [1.807, 2.05) is 43.4 Å². The van der Waals surface area contributed by atoms with Gasteiger partial charge in [-0.25, -0.2) is 9.97 Å². The molecule has 0 bridgehead atoms. The van der Waals surface area contributed by atoms with E-state index in [0.717, 1.165) is 18.8 Å². The van der Waals surface area contributed by atoms with Crippen molar-refractivity contribution in [3.63, 3.8) is 0 Å². The van der Waals surface area contributed by atoms with Crippen LogP contribution in [0.5, 0.6) is 11.5 Å². The zero-order valence-electron chi connectivity index (χ0n) is 22.2. The Morgan fingerprint density at radius 3 is 2.65 bits per heavy atom. The van der Waals surface area contributed by atoms with Gasteiger partial charge in [0, 0.05) is 51.1 Å². The molecule has 1 fully saturated rings. The molecule has 0 spiro atoms. The highest BCUT2D eigenvalue weighted by atomic mass is 35.5. The minimum Gasteiger partial charge on any atom is -0.486 e. The summed E-state index contributed by atoms with van der Waals surface area (Å²) in [6.07, 6.45) is 2.51. The molecule has 1 amide bonds. The number of nitrogens with zero attached hydrogens (tertiary/aromatic N) is 5. The summed E-state index contributed by atoms with van der Waals surface area (Å²) in [6.45, 7) is 2.95. The summed E-state index contributed by atoms with van der Waals surface area (Å²) in [5.41, 5.74) is 2.13. The summed E-state index contributed by atoms with van der Waals surface area (Å²) >= 11 is 6.52. The number of hydrogen-bond donors (Lipinski definition) is 2. The molecule has 40 heavy (non-hydrogen) atoms. The fourth-order valence-electron chi connectivity index (χ4n) is 4.47. The first-order valence-electron chi connectivity index (χ1n) is 13.1. The maximum Gasteiger partial charge on any atom is 0.263 e. The van der Waals surface area contributed by atoms with Crippen LogP contribution in [-0.4, -0.2) is 81.7 Å². The monoisotopic (exact) mass is 562 g/mol. The molecule has 10 nitrogen and oxygen atoms in total. The van der Waals surface area contributed by atoms with Crippen LogP contribution in [0.15, 0.2) is 67.1 Å². The highest BCUT2D eigenvalue weighted by molar-refractivity contribution is 6.32. The molecule has 0 aliphatic carbocycles. The summed E-state index contributed by atoms with van der Waals surface area (Å²) in [5, 5.41) is 14.0. The van der Waals surface area contributed by atoms with E-state index in [0.29, 0.717) is 58.6 Å². The van der Waals surface area contributed by atoms with Crippen LogP contribution in [-0.2, 0) is 11.4 Å². The Labute approximate surface area is 237 Å². The van der Waals surface area contributed by atoms with Crippen molar-refractivity contribution in [2.24, 2.45) is 0 Å². The van der Waals surface area contributed by atoms with Crippen LogP contribution >= 0.6 is 11.6 Å². The fraction of sp³-hybridized carbons (Fsp3) is 0.310. The Morgan fingerprint density at radius 1 is 1.05 bits per heavy atom. The zero-order chi connectivity index (χ0) is 27.9. The third-order valence-electron chi connectivity index (χ3n) is 6.67. The van der Waals surface area contributed by atoms with E-state index >= 15 is 0 Å². The number of aliphatic hydroxyl groups is 1. The molecule has 1 saturated heterocycles. The number of pyridine rings is 1. The van der Waals surface area contributed by atoms with Gasteiger partial charge in [0.2, 0.25) is 0 Å². The number of aromatic nitrogens is 3. The van der Waals surface area contributed by atoms with E-state index < -0.39 is 6.10 Å². The van der Waals surface area contributed by atoms with Gasteiger partial charge >= 0.3 is 0 Å². The molecule has 0 radical (unpaired) electrons. The zero-order valence-corrected chi connectivity index (χ0v) is 22.9. The fourth-order valence-corrected chi connectivity index (χ4v) is 4.71. The number of benzene rings is 2. The summed E-state index contributed by atoms with van der Waals surface area (Å²) in [7, 11) is 2.03. The molecule has 1 aliphatic heterocycles. The van der Waals surface area contributed by atoms with Gasteiger partial charge in [0.15, 0.2) is 6.10 Å². The second-order valence-electron chi connectivity index (χ2n) is 9.50. The molecule has 4 aromatic rings. The molecular weight excluding hydrogens is 532 g/mol. The highest BCUT2D eigenvalue weighted by Gasteiger charge is 2.29. The average Bonchev–Trinajstić information content (AvgIpc) is 2.97. The number of halogens is 1. The van der Waals surface area contributed by atoms with Crippen molar-refractivity contribution in [3.05, 3.63) is 77.8 Å². The van der Waals surface area contributed by atoms with E-state index in [1.165, 1.54) is 6.33 Å². The van der Waals surface area contributed by atoms with Crippen LogP contribution in [0.1, 0.15) is 12.1 Å². The number of likely N-dealkylation sites (N-methyl/N-ethyl adjacent to an activating group) is 1. The van der Waals surface area contributed by atoms with Crippen LogP contribution in [0.2, 0.25) is 5.02 Å². The molecule has 2 aromatic heterocycles. The lowest BCUT2D eigenvalue weighted by Crippen LogP contribution is -2.51. The summed E-state index contributed by atoms with van der Waals surface area (Å²) in [4.78, 5) is 30.4. The lowest BCUT2D eigenvalue weighted by Gasteiger charge is -2.34. The first kappa shape index (κ1) is 27.6. The van der Waals surface area contributed by atoms with Crippen molar-refractivity contribution < 1.29 is 19.4 Å². The van der Waals surface area contributed by atoms with Gasteiger partial charge in [-0.15, -0.1) is 0 Å². The molecule has 5 rings (SSSR count). The highest BCUT2D eigenvalue weighted by Crippen LogP contribution is 2.34. The SMILES string of the molecule is CN1CCN(C(=O)[C@@H](CCO)Oc2cccc3ncnc(Nc4ccc(OCc5ccccn5)c(Cl)c4)c23)CC1. The lowest BCUT2D eigenvalue weighted by atomic mass is 10.1. The largest absolute Gasteiger partial charge is 0.486 e. The van der Waals surface area contributed by atoms with Gasteiger partial charge in [0.1, 0.15) is 30.3 Å². The minimum absolute atomic E-state index is 0.140. The lowest BCUT2D eigenvalue weighted by molar-refractivity contribution is -0.141. The molecular formula is C29H31ClN6O4. The van der Waals surface area contributed by atoms with Crippen molar-refractivity contribution in [3.8, 4) is 11.5 Å². The Morgan fingerprint density at radius 2 is 1.90 bits per heavy atom. The number of hydrogen-bond acceptors (Lipinski definition) is 9. The molecule has 1 atom stereocenters. The summed E-state index contributed by atoms with van der Waals surface area (Å²) < 4.78 is 12.1. The number of aliphatic hydroxyl groups excluding tert-OH is 1. The quantitative estimate of drug-likeness (QED) is 0.297. The first-order valence-corrected chi connectivity index (χ1v) is 13.5. The topological polar surface area (TPSA) is 113 Å². The third-order valence-corrected chi connectivity index (χ3v) is 6.97. The van der Waals surface area contributed by atoms with Crippen molar-refractivity contribution in [1.82, 2.24) is 24.8 Å². The second-order valence-corrected chi connectivity index (χ2v) is 9.91. The predicted molar refractivity (Wildman–Crippen MR) is 153 cm³/mol. The molecule has 208 valence electrons. The van der Waals surface area contributed by atoms with Crippen LogP contribution in [0.4, 0.5) is 11.5 Å². The van der Waals surface area contributed by atoms with Gasteiger partial charge in [0.25, 0.3) is 5.91 Å². The minimum atomic E-state index is -0.836. The number of carbonyl (C=O) groups excluding carboxylic acids is 1. The second kappa shape index (κ2) is 12.9. The van der Waals surface area contributed by atoms with Gasteiger partial charge in [-0.3, -0.25) is 9.78 Å². The number of nitrogens with one attached hydrogen (secondary N) is 1. The van der Waals surface area contributed by atoms with E-state index in [9.17, 15) is 9.90 Å². The van der Waals surface area contributed by atoms with E-state index in [4.69, 9.17) is 21.1 Å². The third kappa shape index (κ3) is 6.59. The summed E-state index contributed by atoms with van der Waals surface area (Å²) in [6, 6.07) is 16.4. The van der Waals surface area contributed by atoms with Crippen LogP contribution < -0.4 is 14.8 Å². The number of piperazine rings is 1. The maximum atomic E-state index is 13.3. The van der Waals surface area contributed by atoms with E-state index in [2.05, 4.69) is 25.2 Å². The van der Waals surface area contributed by atoms with E-state index in [1.54, 1.807) is 29.3 Å². The Hall–Kier alpha value is -3.99. The van der Waals surface area contributed by atoms with Gasteiger partial charge in [-0.1, -0.05) is 23.7 Å². The maximum absolute atomic E-state index is 13.3. The number of anilines is 2. The molecule has 1 aliphatic rings. The van der Waals surface area contributed by atoms with Gasteiger partial charge in [0.05, 0.1) is 21.6 Å². The molecule has 11 heteroatoms. The normalized spacial score (nSPS) is 14.6. The van der Waals surface area contributed by atoms with Crippen molar-refractivity contribution in [2.75, 3.05) is 45.2 Å². The Bertz CT molecular complexity index is 1440. The smallest absolute Gasteiger partial charge is 0.263 e. The van der Waals surface area contributed by atoms with Gasteiger partial charge in [-0.2, -0.15) is 0 Å². The van der Waals surface area contributed by atoms with Crippen LogP contribution in [0, 0.1) is 0 Å². The van der Waals surface area contributed by atoms with Gasteiger partial charge in [-0.05, 0) is 49.5 Å². The molecule has 0 unspecified atom stereocenters. The summed E-state index contributed by atoms with van der Waals surface area (Å²) in [5.74, 6) is 1.33. The molecule has 2 N–H and O–H groups in total. The Kier molecular flexibility index (Phi) is 8.90. The van der Waals surface area contributed by atoms with Gasteiger partial charge < -0.3 is 29.7 Å².